The molecule has 1 aliphatic carbocycles. The zero-order valence-corrected chi connectivity index (χ0v) is 16.4. The Bertz CT molecular complexity index is 785. The van der Waals surface area contributed by atoms with E-state index in [2.05, 4.69) is 10.6 Å². The lowest BCUT2D eigenvalue weighted by Gasteiger charge is -2.20. The standard InChI is InChI=1S/C20H26F3N3O4/c21-15-9-17(23)16(22)6-12(15)5-13(24)7-18(27)26-14(8-19(28)29)10-25-20(30)11-3-1-2-4-11/h6,9,11,13-14H,1-5,7-8,10,24H2,(H,25,30)(H,26,27)(H,28,29)/t13-,14+/m1/s1. The molecule has 30 heavy (non-hydrogen) atoms. The second-order valence-corrected chi connectivity index (χ2v) is 7.61. The Morgan fingerprint density at radius 3 is 2.33 bits per heavy atom. The first-order chi connectivity index (χ1) is 14.2. The molecule has 0 bridgehead atoms. The maximum atomic E-state index is 13.7. The van der Waals surface area contributed by atoms with Gasteiger partial charge in [-0.25, -0.2) is 13.2 Å². The third kappa shape index (κ3) is 7.33. The summed E-state index contributed by atoms with van der Waals surface area (Å²) in [4.78, 5) is 35.4. The molecule has 0 saturated heterocycles. The van der Waals surface area contributed by atoms with Crippen molar-refractivity contribution in [3.63, 3.8) is 0 Å². The minimum atomic E-state index is -1.32. The molecular formula is C20H26F3N3O4. The molecule has 5 N–H and O–H groups in total. The van der Waals surface area contributed by atoms with E-state index in [0.717, 1.165) is 25.7 Å². The van der Waals surface area contributed by atoms with E-state index in [9.17, 15) is 27.6 Å². The van der Waals surface area contributed by atoms with Crippen LogP contribution in [0.5, 0.6) is 0 Å². The van der Waals surface area contributed by atoms with Gasteiger partial charge in [-0.3, -0.25) is 14.4 Å². The van der Waals surface area contributed by atoms with E-state index in [1.165, 1.54) is 0 Å². The van der Waals surface area contributed by atoms with Gasteiger partial charge in [-0.2, -0.15) is 0 Å². The van der Waals surface area contributed by atoms with Crippen LogP contribution < -0.4 is 16.4 Å². The Labute approximate surface area is 172 Å². The number of carbonyl (C=O) groups is 3. The molecule has 1 aliphatic rings. The summed E-state index contributed by atoms with van der Waals surface area (Å²) in [5.41, 5.74) is 5.65. The van der Waals surface area contributed by atoms with Gasteiger partial charge in [-0.05, 0) is 30.9 Å². The van der Waals surface area contributed by atoms with Crippen LogP contribution in [0.2, 0.25) is 0 Å². The van der Waals surface area contributed by atoms with Crippen molar-refractivity contribution in [1.82, 2.24) is 10.6 Å². The molecule has 0 heterocycles. The highest BCUT2D eigenvalue weighted by Gasteiger charge is 2.24. The van der Waals surface area contributed by atoms with Gasteiger partial charge in [-0.1, -0.05) is 12.8 Å². The minimum absolute atomic E-state index is 0.0413. The molecule has 166 valence electrons. The minimum Gasteiger partial charge on any atom is -0.481 e. The highest BCUT2D eigenvalue weighted by Crippen LogP contribution is 2.24. The van der Waals surface area contributed by atoms with Crippen LogP contribution >= 0.6 is 0 Å². The summed E-state index contributed by atoms with van der Waals surface area (Å²) < 4.78 is 40.0. The number of carbonyl (C=O) groups excluding carboxylic acids is 2. The molecule has 0 radical (unpaired) electrons. The van der Waals surface area contributed by atoms with Gasteiger partial charge in [0.1, 0.15) is 5.82 Å². The molecule has 1 aromatic rings. The molecule has 0 aromatic heterocycles. The van der Waals surface area contributed by atoms with E-state index in [0.29, 0.717) is 12.1 Å². The first kappa shape index (κ1) is 23.7. The molecule has 10 heteroatoms. The van der Waals surface area contributed by atoms with Gasteiger partial charge in [0, 0.05) is 31.0 Å². The number of hydrogen-bond donors (Lipinski definition) is 4. The Kier molecular flexibility index (Phi) is 8.64. The summed E-state index contributed by atoms with van der Waals surface area (Å²) in [6.45, 7) is -0.0413. The van der Waals surface area contributed by atoms with Crippen molar-refractivity contribution in [3.05, 3.63) is 35.1 Å². The van der Waals surface area contributed by atoms with Crippen LogP contribution in [0, 0.1) is 23.4 Å². The van der Waals surface area contributed by atoms with Crippen LogP contribution in [0.3, 0.4) is 0 Å². The number of nitrogens with two attached hydrogens (primary N) is 1. The number of carboxylic acids is 1. The van der Waals surface area contributed by atoms with Crippen LogP contribution in [0.4, 0.5) is 13.2 Å². The highest BCUT2D eigenvalue weighted by atomic mass is 19.2. The lowest BCUT2D eigenvalue weighted by atomic mass is 10.0. The summed E-state index contributed by atoms with van der Waals surface area (Å²) in [5, 5.41) is 14.2. The third-order valence-corrected chi connectivity index (χ3v) is 5.05. The monoisotopic (exact) mass is 429 g/mol. The smallest absolute Gasteiger partial charge is 0.305 e. The summed E-state index contributed by atoms with van der Waals surface area (Å²) >= 11 is 0. The van der Waals surface area contributed by atoms with E-state index in [4.69, 9.17) is 10.8 Å². The van der Waals surface area contributed by atoms with Crippen molar-refractivity contribution in [2.24, 2.45) is 11.7 Å². The highest BCUT2D eigenvalue weighted by molar-refractivity contribution is 5.80. The maximum absolute atomic E-state index is 13.7. The van der Waals surface area contributed by atoms with Gasteiger partial charge in [-0.15, -0.1) is 0 Å². The largest absolute Gasteiger partial charge is 0.481 e. The van der Waals surface area contributed by atoms with Crippen LogP contribution in [0.1, 0.15) is 44.1 Å². The van der Waals surface area contributed by atoms with Gasteiger partial charge in [0.05, 0.1) is 12.5 Å². The molecule has 2 rings (SSSR count). The summed E-state index contributed by atoms with van der Waals surface area (Å²) in [6.07, 6.45) is 2.63. The molecule has 7 nitrogen and oxygen atoms in total. The summed E-state index contributed by atoms with van der Waals surface area (Å²) in [7, 11) is 0. The van der Waals surface area contributed by atoms with Gasteiger partial charge in [0.15, 0.2) is 11.6 Å². The number of benzene rings is 1. The SMILES string of the molecule is N[C@@H](CC(=O)N[C@H](CNC(=O)C1CCCC1)CC(=O)O)Cc1cc(F)c(F)cc1F. The predicted molar refractivity (Wildman–Crippen MR) is 102 cm³/mol. The lowest BCUT2D eigenvalue weighted by Crippen LogP contribution is -2.47. The Hall–Kier alpha value is -2.62. The van der Waals surface area contributed by atoms with Crippen molar-refractivity contribution in [2.45, 2.75) is 57.0 Å². The quantitative estimate of drug-likeness (QED) is 0.421. The zero-order chi connectivity index (χ0) is 22.3. The van der Waals surface area contributed by atoms with Crippen molar-refractivity contribution in [3.8, 4) is 0 Å². The number of halogens is 3. The molecule has 2 amide bonds. The molecular weight excluding hydrogens is 403 g/mol. The number of rotatable bonds is 10. The van der Waals surface area contributed by atoms with Crippen LogP contribution in [0.15, 0.2) is 12.1 Å². The van der Waals surface area contributed by atoms with Gasteiger partial charge in [0.25, 0.3) is 0 Å². The Balaban J connectivity index is 1.87. The number of amides is 2. The Morgan fingerprint density at radius 2 is 1.70 bits per heavy atom. The summed E-state index contributed by atoms with van der Waals surface area (Å²) in [5.74, 6) is -5.51. The topological polar surface area (TPSA) is 122 Å². The van der Waals surface area contributed by atoms with Crippen LogP contribution in [-0.4, -0.2) is 41.5 Å². The molecule has 1 saturated carbocycles. The van der Waals surface area contributed by atoms with Crippen LogP contribution in [-0.2, 0) is 20.8 Å². The second kappa shape index (κ2) is 11.0. The fraction of sp³-hybridized carbons (Fsp3) is 0.550. The number of hydrogen-bond acceptors (Lipinski definition) is 4. The van der Waals surface area contributed by atoms with Crippen molar-refractivity contribution >= 4 is 17.8 Å². The predicted octanol–water partition coefficient (Wildman–Crippen LogP) is 1.63. The van der Waals surface area contributed by atoms with E-state index in [1.54, 1.807) is 0 Å². The van der Waals surface area contributed by atoms with E-state index < -0.39 is 47.8 Å². The first-order valence-corrected chi connectivity index (χ1v) is 9.83. The average molecular weight is 429 g/mol. The molecule has 0 unspecified atom stereocenters. The normalized spacial score (nSPS) is 16.1. The van der Waals surface area contributed by atoms with Crippen molar-refractivity contribution in [2.75, 3.05) is 6.54 Å². The van der Waals surface area contributed by atoms with Gasteiger partial charge in [0.2, 0.25) is 11.8 Å². The fourth-order valence-electron chi connectivity index (χ4n) is 3.54. The first-order valence-electron chi connectivity index (χ1n) is 9.83. The zero-order valence-electron chi connectivity index (χ0n) is 16.4. The molecule has 1 aromatic carbocycles. The number of nitrogens with one attached hydrogen (secondary N) is 2. The molecule has 1 fully saturated rings. The van der Waals surface area contributed by atoms with Crippen LogP contribution in [0.25, 0.3) is 0 Å². The number of aliphatic carboxylic acids is 1. The van der Waals surface area contributed by atoms with Crippen molar-refractivity contribution < 1.29 is 32.7 Å². The lowest BCUT2D eigenvalue weighted by molar-refractivity contribution is -0.138. The number of carboxylic acid groups (broad SMARTS) is 1. The van der Waals surface area contributed by atoms with Gasteiger partial charge < -0.3 is 21.5 Å². The van der Waals surface area contributed by atoms with E-state index in [-0.39, 0.29) is 36.8 Å². The third-order valence-electron chi connectivity index (χ3n) is 5.05. The Morgan fingerprint density at radius 1 is 1.07 bits per heavy atom. The van der Waals surface area contributed by atoms with E-state index in [1.807, 2.05) is 0 Å². The maximum Gasteiger partial charge on any atom is 0.305 e. The fourth-order valence-corrected chi connectivity index (χ4v) is 3.54. The molecule has 0 aliphatic heterocycles. The van der Waals surface area contributed by atoms with E-state index >= 15 is 0 Å². The molecule has 2 atom stereocenters. The van der Waals surface area contributed by atoms with Gasteiger partial charge >= 0.3 is 5.97 Å². The molecule has 0 spiro atoms. The van der Waals surface area contributed by atoms with Crippen molar-refractivity contribution in [1.29, 1.82) is 0 Å². The average Bonchev–Trinajstić information content (AvgIpc) is 3.18. The summed E-state index contributed by atoms with van der Waals surface area (Å²) in [6, 6.07) is -0.641. The second-order valence-electron chi connectivity index (χ2n) is 7.61.